The molecule has 2 N–H and O–H groups in total. The van der Waals surface area contributed by atoms with E-state index in [2.05, 4.69) is 26.1 Å². The molecule has 0 spiro atoms. The van der Waals surface area contributed by atoms with Crippen LogP contribution in [-0.2, 0) is 0 Å². The molecule has 0 aromatic heterocycles. The standard InChI is InChI=1S/C15H25NO2/c1-5-14(16-10-11(2)3)15(17)12-6-8-13(18-4)9-7-12/h6-9,11,14-17H,5,10H2,1-4H3. The summed E-state index contributed by atoms with van der Waals surface area (Å²) in [5.41, 5.74) is 0.930. The highest BCUT2D eigenvalue weighted by molar-refractivity contribution is 5.29. The molecule has 18 heavy (non-hydrogen) atoms. The van der Waals surface area contributed by atoms with Crippen molar-refractivity contribution in [2.75, 3.05) is 13.7 Å². The molecule has 2 unspecified atom stereocenters. The molecule has 0 aliphatic rings. The Kier molecular flexibility index (Phi) is 6.16. The van der Waals surface area contributed by atoms with Crippen molar-refractivity contribution in [3.8, 4) is 5.75 Å². The van der Waals surface area contributed by atoms with Crippen molar-refractivity contribution in [2.24, 2.45) is 5.92 Å². The Labute approximate surface area is 110 Å². The van der Waals surface area contributed by atoms with Gasteiger partial charge in [-0.25, -0.2) is 0 Å². The quantitative estimate of drug-likeness (QED) is 0.783. The van der Waals surface area contributed by atoms with Crippen LogP contribution in [0.2, 0.25) is 0 Å². The topological polar surface area (TPSA) is 41.5 Å². The minimum Gasteiger partial charge on any atom is -0.497 e. The van der Waals surface area contributed by atoms with Crippen LogP contribution in [0.1, 0.15) is 38.9 Å². The van der Waals surface area contributed by atoms with Gasteiger partial charge in [0.05, 0.1) is 13.2 Å². The van der Waals surface area contributed by atoms with Gasteiger partial charge in [-0.15, -0.1) is 0 Å². The van der Waals surface area contributed by atoms with Crippen LogP contribution >= 0.6 is 0 Å². The van der Waals surface area contributed by atoms with E-state index in [9.17, 15) is 5.11 Å². The summed E-state index contributed by atoms with van der Waals surface area (Å²) in [6.07, 6.45) is 0.430. The monoisotopic (exact) mass is 251 g/mol. The van der Waals surface area contributed by atoms with Gasteiger partial charge >= 0.3 is 0 Å². The highest BCUT2D eigenvalue weighted by atomic mass is 16.5. The molecule has 0 bridgehead atoms. The third-order valence-electron chi connectivity index (χ3n) is 3.07. The van der Waals surface area contributed by atoms with E-state index in [0.29, 0.717) is 5.92 Å². The zero-order valence-electron chi connectivity index (χ0n) is 11.8. The van der Waals surface area contributed by atoms with E-state index in [1.807, 2.05) is 24.3 Å². The summed E-state index contributed by atoms with van der Waals surface area (Å²) < 4.78 is 5.12. The van der Waals surface area contributed by atoms with E-state index in [-0.39, 0.29) is 6.04 Å². The van der Waals surface area contributed by atoms with E-state index >= 15 is 0 Å². The van der Waals surface area contributed by atoms with Gasteiger partial charge in [-0.2, -0.15) is 0 Å². The van der Waals surface area contributed by atoms with E-state index < -0.39 is 6.10 Å². The zero-order valence-corrected chi connectivity index (χ0v) is 11.8. The molecule has 0 fully saturated rings. The fraction of sp³-hybridized carbons (Fsp3) is 0.600. The van der Waals surface area contributed by atoms with Gasteiger partial charge in [0, 0.05) is 6.04 Å². The summed E-state index contributed by atoms with van der Waals surface area (Å²) in [4.78, 5) is 0. The van der Waals surface area contributed by atoms with Crippen molar-refractivity contribution in [1.82, 2.24) is 5.32 Å². The van der Waals surface area contributed by atoms with Crippen LogP contribution in [0, 0.1) is 5.92 Å². The van der Waals surface area contributed by atoms with E-state index in [1.54, 1.807) is 7.11 Å². The third-order valence-corrected chi connectivity index (χ3v) is 3.07. The first-order chi connectivity index (χ1) is 8.58. The van der Waals surface area contributed by atoms with Gasteiger partial charge in [-0.05, 0) is 36.6 Å². The normalized spacial score (nSPS) is 14.6. The van der Waals surface area contributed by atoms with Crippen molar-refractivity contribution >= 4 is 0 Å². The maximum atomic E-state index is 10.4. The predicted octanol–water partition coefficient (Wildman–Crippen LogP) is 2.75. The van der Waals surface area contributed by atoms with Crippen molar-refractivity contribution in [2.45, 2.75) is 39.3 Å². The highest BCUT2D eigenvalue weighted by Gasteiger charge is 2.18. The Morgan fingerprint density at radius 2 is 1.83 bits per heavy atom. The minimum absolute atomic E-state index is 0.0980. The molecule has 3 nitrogen and oxygen atoms in total. The van der Waals surface area contributed by atoms with Gasteiger partial charge in [-0.1, -0.05) is 32.9 Å². The van der Waals surface area contributed by atoms with E-state index in [1.165, 1.54) is 0 Å². The Bertz CT molecular complexity index is 335. The van der Waals surface area contributed by atoms with Crippen LogP contribution < -0.4 is 10.1 Å². The first-order valence-electron chi connectivity index (χ1n) is 6.63. The zero-order chi connectivity index (χ0) is 13.5. The molecule has 0 aliphatic carbocycles. The third kappa shape index (κ3) is 4.31. The number of aliphatic hydroxyl groups is 1. The maximum Gasteiger partial charge on any atom is 0.118 e. The second-order valence-electron chi connectivity index (χ2n) is 5.03. The maximum absolute atomic E-state index is 10.4. The number of aliphatic hydroxyl groups excluding tert-OH is 1. The van der Waals surface area contributed by atoms with E-state index in [4.69, 9.17) is 4.74 Å². The fourth-order valence-corrected chi connectivity index (χ4v) is 1.90. The van der Waals surface area contributed by atoms with Crippen molar-refractivity contribution < 1.29 is 9.84 Å². The number of hydrogen-bond donors (Lipinski definition) is 2. The molecule has 1 aromatic rings. The SMILES string of the molecule is CCC(NCC(C)C)C(O)c1ccc(OC)cc1. The molecule has 102 valence electrons. The van der Waals surface area contributed by atoms with Crippen LogP contribution in [-0.4, -0.2) is 24.8 Å². The number of nitrogens with one attached hydrogen (secondary N) is 1. The molecular weight excluding hydrogens is 226 g/mol. The van der Waals surface area contributed by atoms with Crippen molar-refractivity contribution in [3.05, 3.63) is 29.8 Å². The lowest BCUT2D eigenvalue weighted by Gasteiger charge is -2.24. The Balaban J connectivity index is 2.66. The van der Waals surface area contributed by atoms with Gasteiger partial charge in [0.2, 0.25) is 0 Å². The molecule has 3 heteroatoms. The molecule has 1 rings (SSSR count). The fourth-order valence-electron chi connectivity index (χ4n) is 1.90. The van der Waals surface area contributed by atoms with Gasteiger partial charge in [0.25, 0.3) is 0 Å². The Morgan fingerprint density at radius 3 is 2.28 bits per heavy atom. The summed E-state index contributed by atoms with van der Waals surface area (Å²) >= 11 is 0. The van der Waals surface area contributed by atoms with Gasteiger partial charge in [0.15, 0.2) is 0 Å². The molecule has 0 heterocycles. The lowest BCUT2D eigenvalue weighted by Crippen LogP contribution is -2.36. The first-order valence-corrected chi connectivity index (χ1v) is 6.63. The number of methoxy groups -OCH3 is 1. The lowest BCUT2D eigenvalue weighted by molar-refractivity contribution is 0.124. The average Bonchev–Trinajstić information content (AvgIpc) is 2.39. The molecule has 0 saturated heterocycles. The second kappa shape index (κ2) is 7.39. The molecule has 2 atom stereocenters. The molecule has 0 saturated carbocycles. The summed E-state index contributed by atoms with van der Waals surface area (Å²) in [6, 6.07) is 7.70. The van der Waals surface area contributed by atoms with Crippen LogP contribution in [0.15, 0.2) is 24.3 Å². The highest BCUT2D eigenvalue weighted by Crippen LogP contribution is 2.21. The van der Waals surface area contributed by atoms with Crippen LogP contribution in [0.25, 0.3) is 0 Å². The van der Waals surface area contributed by atoms with Gasteiger partial charge in [0.1, 0.15) is 5.75 Å². The van der Waals surface area contributed by atoms with Crippen LogP contribution in [0.5, 0.6) is 5.75 Å². The summed E-state index contributed by atoms with van der Waals surface area (Å²) in [5, 5.41) is 13.8. The predicted molar refractivity (Wildman–Crippen MR) is 74.9 cm³/mol. The van der Waals surface area contributed by atoms with Crippen molar-refractivity contribution in [1.29, 1.82) is 0 Å². The Morgan fingerprint density at radius 1 is 1.22 bits per heavy atom. The summed E-state index contributed by atoms with van der Waals surface area (Å²) in [5.74, 6) is 1.40. The number of ether oxygens (including phenoxy) is 1. The molecule has 0 amide bonds. The van der Waals surface area contributed by atoms with E-state index in [0.717, 1.165) is 24.3 Å². The molecule has 1 aromatic carbocycles. The van der Waals surface area contributed by atoms with Crippen molar-refractivity contribution in [3.63, 3.8) is 0 Å². The lowest BCUT2D eigenvalue weighted by atomic mass is 9.99. The Hall–Kier alpha value is -1.06. The molecular formula is C15H25NO2. The molecule has 0 aliphatic heterocycles. The van der Waals surface area contributed by atoms with Crippen LogP contribution in [0.4, 0.5) is 0 Å². The largest absolute Gasteiger partial charge is 0.497 e. The number of benzene rings is 1. The van der Waals surface area contributed by atoms with Crippen LogP contribution in [0.3, 0.4) is 0 Å². The van der Waals surface area contributed by atoms with Gasteiger partial charge < -0.3 is 15.2 Å². The second-order valence-corrected chi connectivity index (χ2v) is 5.03. The van der Waals surface area contributed by atoms with Gasteiger partial charge in [-0.3, -0.25) is 0 Å². The molecule has 0 radical (unpaired) electrons. The smallest absolute Gasteiger partial charge is 0.118 e. The summed E-state index contributed by atoms with van der Waals surface area (Å²) in [6.45, 7) is 7.34. The first kappa shape index (κ1) is 15.0. The number of hydrogen-bond acceptors (Lipinski definition) is 3. The number of rotatable bonds is 7. The minimum atomic E-state index is -0.473. The summed E-state index contributed by atoms with van der Waals surface area (Å²) in [7, 11) is 1.64. The average molecular weight is 251 g/mol.